The number of carbonyl (C=O) groups is 1. The number of benzene rings is 1. The molecular formula is C21H27N3O. The summed E-state index contributed by atoms with van der Waals surface area (Å²) < 4.78 is 0. The van der Waals surface area contributed by atoms with Crippen LogP contribution in [0.3, 0.4) is 0 Å². The fraction of sp³-hybridized carbons (Fsp3) is 0.476. The van der Waals surface area contributed by atoms with Crippen molar-refractivity contribution < 1.29 is 4.79 Å². The van der Waals surface area contributed by atoms with Crippen LogP contribution in [0.4, 0.5) is 0 Å². The molecule has 2 aliphatic rings. The SMILES string of the molecule is CCN(CC)C(=O)C1C=C2c3c(C)c(C)cc4[nH]cc(c34)CC2NC1. The van der Waals surface area contributed by atoms with Crippen molar-refractivity contribution >= 4 is 22.4 Å². The van der Waals surface area contributed by atoms with Crippen LogP contribution in [-0.2, 0) is 11.2 Å². The molecule has 4 heteroatoms. The molecule has 1 aliphatic heterocycles. The Morgan fingerprint density at radius 1 is 1.28 bits per heavy atom. The van der Waals surface area contributed by atoms with E-state index in [9.17, 15) is 4.79 Å². The second-order valence-electron chi connectivity index (χ2n) is 7.33. The van der Waals surface area contributed by atoms with Gasteiger partial charge >= 0.3 is 0 Å². The summed E-state index contributed by atoms with van der Waals surface area (Å²) in [5, 5.41) is 5.00. The molecule has 2 atom stereocenters. The Hall–Kier alpha value is -2.07. The van der Waals surface area contributed by atoms with Crippen LogP contribution < -0.4 is 5.32 Å². The smallest absolute Gasteiger partial charge is 0.230 e. The van der Waals surface area contributed by atoms with Crippen LogP contribution in [0.1, 0.15) is 36.1 Å². The van der Waals surface area contributed by atoms with E-state index in [1.165, 1.54) is 38.7 Å². The number of amides is 1. The van der Waals surface area contributed by atoms with Gasteiger partial charge in [0.05, 0.1) is 5.92 Å². The van der Waals surface area contributed by atoms with Gasteiger partial charge in [-0.2, -0.15) is 0 Å². The number of aromatic nitrogens is 1. The first-order valence-corrected chi connectivity index (χ1v) is 9.39. The Morgan fingerprint density at radius 2 is 2.04 bits per heavy atom. The lowest BCUT2D eigenvalue weighted by atomic mass is 9.78. The van der Waals surface area contributed by atoms with Crippen molar-refractivity contribution in [3.05, 3.63) is 40.6 Å². The van der Waals surface area contributed by atoms with E-state index in [-0.39, 0.29) is 11.8 Å². The second-order valence-corrected chi connectivity index (χ2v) is 7.33. The van der Waals surface area contributed by atoms with Crippen molar-refractivity contribution in [3.8, 4) is 0 Å². The normalized spacial score (nSPS) is 21.8. The number of hydrogen-bond donors (Lipinski definition) is 2. The van der Waals surface area contributed by atoms with Crippen LogP contribution in [0.15, 0.2) is 18.3 Å². The van der Waals surface area contributed by atoms with Crippen molar-refractivity contribution in [2.75, 3.05) is 19.6 Å². The minimum atomic E-state index is -0.0680. The molecule has 2 unspecified atom stereocenters. The lowest BCUT2D eigenvalue weighted by molar-refractivity contribution is -0.133. The molecule has 2 N–H and O–H groups in total. The highest BCUT2D eigenvalue weighted by atomic mass is 16.2. The van der Waals surface area contributed by atoms with E-state index >= 15 is 0 Å². The standard InChI is InChI=1S/C21H27N3O/c1-5-24(6-2)21(25)15-8-16-17(22-11-15)9-14-10-23-18-7-12(3)13(4)19(16)20(14)18/h7-8,10,15,17,22-23H,5-6,9,11H2,1-4H3. The summed E-state index contributed by atoms with van der Waals surface area (Å²) in [6, 6.07) is 2.56. The number of aromatic amines is 1. The number of H-pyrrole nitrogens is 1. The summed E-state index contributed by atoms with van der Waals surface area (Å²) in [5.41, 5.74) is 7.89. The second kappa shape index (κ2) is 6.03. The van der Waals surface area contributed by atoms with Crippen molar-refractivity contribution in [2.24, 2.45) is 5.92 Å². The Morgan fingerprint density at radius 3 is 2.76 bits per heavy atom. The minimum absolute atomic E-state index is 0.0680. The van der Waals surface area contributed by atoms with Gasteiger partial charge in [0.15, 0.2) is 0 Å². The van der Waals surface area contributed by atoms with E-state index in [0.717, 1.165) is 26.1 Å². The Balaban J connectivity index is 1.85. The van der Waals surface area contributed by atoms with E-state index in [1.54, 1.807) is 0 Å². The molecule has 0 spiro atoms. The maximum Gasteiger partial charge on any atom is 0.230 e. The minimum Gasteiger partial charge on any atom is -0.361 e. The van der Waals surface area contributed by atoms with Crippen LogP contribution in [0.25, 0.3) is 16.5 Å². The molecule has 25 heavy (non-hydrogen) atoms. The third-order valence-electron chi connectivity index (χ3n) is 6.02. The van der Waals surface area contributed by atoms with Crippen LogP contribution in [-0.4, -0.2) is 41.5 Å². The molecule has 0 saturated carbocycles. The van der Waals surface area contributed by atoms with E-state index in [4.69, 9.17) is 0 Å². The zero-order valence-corrected chi connectivity index (χ0v) is 15.6. The molecule has 0 saturated heterocycles. The molecule has 0 radical (unpaired) electrons. The first-order chi connectivity index (χ1) is 12.0. The maximum atomic E-state index is 12.9. The number of carbonyl (C=O) groups excluding carboxylic acids is 1. The molecule has 1 aliphatic carbocycles. The third-order valence-corrected chi connectivity index (χ3v) is 6.02. The number of nitrogens with zero attached hydrogens (tertiary/aromatic N) is 1. The van der Waals surface area contributed by atoms with Gasteiger partial charge in [-0.3, -0.25) is 4.79 Å². The van der Waals surface area contributed by atoms with Crippen LogP contribution in [0, 0.1) is 19.8 Å². The number of fused-ring (bicyclic) bond motifs is 2. The molecule has 1 amide bonds. The molecule has 2 heterocycles. The van der Waals surface area contributed by atoms with E-state index in [0.29, 0.717) is 6.04 Å². The molecule has 132 valence electrons. The van der Waals surface area contributed by atoms with Crippen LogP contribution >= 0.6 is 0 Å². The summed E-state index contributed by atoms with van der Waals surface area (Å²) >= 11 is 0. The quantitative estimate of drug-likeness (QED) is 0.904. The molecule has 4 nitrogen and oxygen atoms in total. The lowest BCUT2D eigenvalue weighted by Crippen LogP contribution is -2.46. The monoisotopic (exact) mass is 337 g/mol. The Bertz CT molecular complexity index is 873. The topological polar surface area (TPSA) is 48.1 Å². The predicted octanol–water partition coefficient (Wildman–Crippen LogP) is 3.18. The van der Waals surface area contributed by atoms with Crippen molar-refractivity contribution in [1.29, 1.82) is 0 Å². The van der Waals surface area contributed by atoms with Gasteiger partial charge in [0.25, 0.3) is 0 Å². The zero-order valence-electron chi connectivity index (χ0n) is 15.6. The van der Waals surface area contributed by atoms with Crippen LogP contribution in [0.2, 0.25) is 0 Å². The molecule has 1 aromatic carbocycles. The van der Waals surface area contributed by atoms with E-state index < -0.39 is 0 Å². The summed E-state index contributed by atoms with van der Waals surface area (Å²) in [7, 11) is 0. The summed E-state index contributed by atoms with van der Waals surface area (Å²) in [5.74, 6) is 0.173. The van der Waals surface area contributed by atoms with Crippen molar-refractivity contribution in [3.63, 3.8) is 0 Å². The predicted molar refractivity (Wildman–Crippen MR) is 103 cm³/mol. The Kier molecular flexibility index (Phi) is 3.95. The fourth-order valence-electron chi connectivity index (χ4n) is 4.48. The average molecular weight is 337 g/mol. The summed E-state index contributed by atoms with van der Waals surface area (Å²) in [4.78, 5) is 18.2. The fourth-order valence-corrected chi connectivity index (χ4v) is 4.48. The van der Waals surface area contributed by atoms with Gasteiger partial charge in [-0.15, -0.1) is 0 Å². The van der Waals surface area contributed by atoms with Crippen molar-refractivity contribution in [1.82, 2.24) is 15.2 Å². The summed E-state index contributed by atoms with van der Waals surface area (Å²) in [6.45, 7) is 10.8. The first kappa shape index (κ1) is 16.4. The molecule has 0 bridgehead atoms. The average Bonchev–Trinajstić information content (AvgIpc) is 3.01. The number of rotatable bonds is 3. The highest BCUT2D eigenvalue weighted by molar-refractivity contribution is 6.01. The van der Waals surface area contributed by atoms with E-state index in [2.05, 4.69) is 56.3 Å². The molecule has 0 fully saturated rings. The molecular weight excluding hydrogens is 310 g/mol. The van der Waals surface area contributed by atoms with Gasteiger partial charge in [-0.05, 0) is 68.0 Å². The molecule has 4 rings (SSSR count). The van der Waals surface area contributed by atoms with Gasteiger partial charge in [0, 0.05) is 42.8 Å². The molecule has 2 aromatic rings. The first-order valence-electron chi connectivity index (χ1n) is 9.39. The largest absolute Gasteiger partial charge is 0.361 e. The highest BCUT2D eigenvalue weighted by Gasteiger charge is 2.34. The number of nitrogens with one attached hydrogen (secondary N) is 2. The van der Waals surface area contributed by atoms with Gasteiger partial charge < -0.3 is 15.2 Å². The third kappa shape index (κ3) is 2.43. The van der Waals surface area contributed by atoms with E-state index in [1.807, 2.05) is 4.90 Å². The summed E-state index contributed by atoms with van der Waals surface area (Å²) in [6.07, 6.45) is 5.39. The van der Waals surface area contributed by atoms with Crippen molar-refractivity contribution in [2.45, 2.75) is 40.2 Å². The molecule has 1 aromatic heterocycles. The Labute approximate surface area is 149 Å². The van der Waals surface area contributed by atoms with Gasteiger partial charge in [-0.1, -0.05) is 6.08 Å². The maximum absolute atomic E-state index is 12.9. The number of aryl methyl sites for hydroxylation is 1. The van der Waals surface area contributed by atoms with Crippen LogP contribution in [0.5, 0.6) is 0 Å². The number of hydrogen-bond acceptors (Lipinski definition) is 2. The van der Waals surface area contributed by atoms with Gasteiger partial charge in [0.2, 0.25) is 5.91 Å². The van der Waals surface area contributed by atoms with Gasteiger partial charge in [0.1, 0.15) is 0 Å². The highest BCUT2D eigenvalue weighted by Crippen LogP contribution is 2.41. The van der Waals surface area contributed by atoms with Gasteiger partial charge in [-0.25, -0.2) is 0 Å². The zero-order chi connectivity index (χ0) is 17.7. The lowest BCUT2D eigenvalue weighted by Gasteiger charge is -2.35.